The van der Waals surface area contributed by atoms with E-state index in [9.17, 15) is 0 Å². The van der Waals surface area contributed by atoms with Crippen molar-refractivity contribution in [2.75, 3.05) is 0 Å². The van der Waals surface area contributed by atoms with Gasteiger partial charge < -0.3 is 4.84 Å². The van der Waals surface area contributed by atoms with E-state index >= 15 is 0 Å². The highest BCUT2D eigenvalue weighted by Crippen LogP contribution is 2.21. The van der Waals surface area contributed by atoms with Crippen LogP contribution < -0.4 is 0 Å². The minimum absolute atomic E-state index is 0.188. The van der Waals surface area contributed by atoms with Gasteiger partial charge in [-0.25, -0.2) is 9.67 Å². The highest BCUT2D eigenvalue weighted by molar-refractivity contribution is 8.13. The van der Waals surface area contributed by atoms with Gasteiger partial charge in [-0.1, -0.05) is 30.8 Å². The van der Waals surface area contributed by atoms with Crippen LogP contribution >= 0.6 is 23.4 Å². The van der Waals surface area contributed by atoms with Crippen molar-refractivity contribution in [1.82, 2.24) is 14.8 Å². The molecule has 1 aliphatic heterocycles. The Labute approximate surface area is 111 Å². The molecule has 0 aliphatic carbocycles. The molecule has 1 aromatic rings. The predicted molar refractivity (Wildman–Crippen MR) is 71.3 cm³/mol. The van der Waals surface area contributed by atoms with E-state index in [-0.39, 0.29) is 6.10 Å². The topological polar surface area (TPSA) is 52.3 Å². The monoisotopic (exact) mass is 276 g/mol. The Kier molecular flexibility index (Phi) is 5.77. The number of thioether (sulfide) groups is 1. The Hall–Kier alpha value is -0.750. The Balaban J connectivity index is 0.000000686. The van der Waals surface area contributed by atoms with Crippen molar-refractivity contribution in [3.8, 4) is 0 Å². The zero-order chi connectivity index (χ0) is 12.8. The second kappa shape index (κ2) is 6.86. The molecule has 1 atom stereocenters. The molecule has 2 rings (SSSR count). The summed E-state index contributed by atoms with van der Waals surface area (Å²) in [5, 5.41) is 9.49. The van der Waals surface area contributed by atoms with E-state index in [4.69, 9.17) is 16.4 Å². The molecule has 2 heterocycles. The third-order valence-electron chi connectivity index (χ3n) is 1.92. The third kappa shape index (κ3) is 4.20. The summed E-state index contributed by atoms with van der Waals surface area (Å²) >= 11 is 7.36. The second-order valence-electron chi connectivity index (χ2n) is 3.31. The van der Waals surface area contributed by atoms with Crippen LogP contribution in [-0.2, 0) is 17.6 Å². The molecule has 0 radical (unpaired) electrons. The lowest BCUT2D eigenvalue weighted by Crippen LogP contribution is -1.99. The van der Waals surface area contributed by atoms with E-state index in [1.54, 1.807) is 23.5 Å². The van der Waals surface area contributed by atoms with E-state index in [1.165, 1.54) is 0 Å². The van der Waals surface area contributed by atoms with Crippen LogP contribution in [0.5, 0.6) is 0 Å². The van der Waals surface area contributed by atoms with Crippen LogP contribution in [0.2, 0.25) is 5.28 Å². The maximum atomic E-state index is 5.77. The average Bonchev–Trinajstić information content (AvgIpc) is 2.87. The smallest absolute Gasteiger partial charge is 0.220 e. The molecule has 0 bridgehead atoms. The van der Waals surface area contributed by atoms with Gasteiger partial charge >= 0.3 is 0 Å². The molecule has 96 valence electrons. The second-order valence-corrected chi connectivity index (χ2v) is 4.70. The third-order valence-corrected chi connectivity index (χ3v) is 3.22. The van der Waals surface area contributed by atoms with Gasteiger partial charge in [-0.15, -0.1) is 0 Å². The van der Waals surface area contributed by atoms with Gasteiger partial charge in [0.25, 0.3) is 0 Å². The standard InChI is InChI=1S/C8H11ClN4OS.C2H6/c1-5-3-7(12-14-5)15-4-6-10-8(9)13(2)11-6;1-2/h5H,3-4H2,1-2H3;1-2H3. The van der Waals surface area contributed by atoms with Gasteiger partial charge in [0.05, 0.1) is 5.75 Å². The molecule has 17 heavy (non-hydrogen) atoms. The molecule has 0 saturated heterocycles. The Morgan fingerprint density at radius 3 is 2.71 bits per heavy atom. The fourth-order valence-electron chi connectivity index (χ4n) is 1.18. The molecule has 5 nitrogen and oxygen atoms in total. The molecule has 0 N–H and O–H groups in total. The van der Waals surface area contributed by atoms with Crippen molar-refractivity contribution in [1.29, 1.82) is 0 Å². The number of halogens is 1. The SMILES string of the molecule is CC.CC1CC(SCc2nc(Cl)n(C)n2)=NO1. The Morgan fingerprint density at radius 2 is 2.24 bits per heavy atom. The van der Waals surface area contributed by atoms with Crippen molar-refractivity contribution in [3.05, 3.63) is 11.1 Å². The van der Waals surface area contributed by atoms with E-state index < -0.39 is 0 Å². The zero-order valence-corrected chi connectivity index (χ0v) is 12.0. The molecule has 1 aliphatic rings. The highest BCUT2D eigenvalue weighted by atomic mass is 35.5. The fraction of sp³-hybridized carbons (Fsp3) is 0.700. The Bertz CT molecular complexity index is 374. The number of aromatic nitrogens is 3. The molecule has 1 unspecified atom stereocenters. The van der Waals surface area contributed by atoms with E-state index in [2.05, 4.69) is 15.2 Å². The van der Waals surface area contributed by atoms with Crippen molar-refractivity contribution in [2.45, 2.75) is 39.0 Å². The molecule has 1 aromatic heterocycles. The number of hydrogen-bond acceptors (Lipinski definition) is 5. The lowest BCUT2D eigenvalue weighted by molar-refractivity contribution is 0.0996. The van der Waals surface area contributed by atoms with Crippen LogP contribution in [0.1, 0.15) is 33.0 Å². The summed E-state index contributed by atoms with van der Waals surface area (Å²) in [7, 11) is 1.77. The van der Waals surface area contributed by atoms with Crippen LogP contribution in [0, 0.1) is 0 Å². The van der Waals surface area contributed by atoms with Crippen LogP contribution in [0.25, 0.3) is 0 Å². The minimum atomic E-state index is 0.188. The number of nitrogens with zero attached hydrogens (tertiary/aromatic N) is 4. The number of rotatable bonds is 2. The van der Waals surface area contributed by atoms with Gasteiger partial charge in [-0.2, -0.15) is 5.10 Å². The van der Waals surface area contributed by atoms with Gasteiger partial charge in [-0.3, -0.25) is 0 Å². The van der Waals surface area contributed by atoms with Crippen molar-refractivity contribution >= 4 is 28.4 Å². The number of oxime groups is 1. The van der Waals surface area contributed by atoms with Crippen molar-refractivity contribution in [3.63, 3.8) is 0 Å². The van der Waals surface area contributed by atoms with Gasteiger partial charge in [0.15, 0.2) is 5.82 Å². The highest BCUT2D eigenvalue weighted by Gasteiger charge is 2.17. The van der Waals surface area contributed by atoms with Crippen LogP contribution in [0.4, 0.5) is 0 Å². The lowest BCUT2D eigenvalue weighted by atomic mass is 10.3. The molecule has 0 saturated carbocycles. The average molecular weight is 277 g/mol. The van der Waals surface area contributed by atoms with Gasteiger partial charge in [0, 0.05) is 13.5 Å². The Morgan fingerprint density at radius 1 is 1.53 bits per heavy atom. The first-order chi connectivity index (χ1) is 8.15. The molecule has 0 amide bonds. The van der Waals surface area contributed by atoms with Gasteiger partial charge in [-0.05, 0) is 18.5 Å². The summed E-state index contributed by atoms with van der Waals surface area (Å²) in [6.45, 7) is 5.99. The summed E-state index contributed by atoms with van der Waals surface area (Å²) in [5.74, 6) is 1.39. The summed E-state index contributed by atoms with van der Waals surface area (Å²) < 4.78 is 1.55. The maximum Gasteiger partial charge on any atom is 0.220 e. The summed E-state index contributed by atoms with van der Waals surface area (Å²) in [5.41, 5.74) is 0. The van der Waals surface area contributed by atoms with E-state index in [0.29, 0.717) is 11.0 Å². The van der Waals surface area contributed by atoms with Crippen molar-refractivity contribution < 1.29 is 4.84 Å². The van der Waals surface area contributed by atoms with Crippen LogP contribution in [0.3, 0.4) is 0 Å². The van der Waals surface area contributed by atoms with Gasteiger partial charge in [0.2, 0.25) is 5.28 Å². The molecule has 0 spiro atoms. The molecule has 0 aromatic carbocycles. The zero-order valence-electron chi connectivity index (χ0n) is 10.5. The molecule has 0 fully saturated rings. The van der Waals surface area contributed by atoms with E-state index in [1.807, 2.05) is 20.8 Å². The first-order valence-electron chi connectivity index (χ1n) is 5.56. The molecular formula is C10H17ClN4OS. The molecule has 7 heteroatoms. The van der Waals surface area contributed by atoms with E-state index in [0.717, 1.165) is 17.3 Å². The lowest BCUT2D eigenvalue weighted by Gasteiger charge is -1.96. The van der Waals surface area contributed by atoms with Gasteiger partial charge in [0.1, 0.15) is 11.1 Å². The predicted octanol–water partition coefficient (Wildman–Crippen LogP) is 2.85. The summed E-state index contributed by atoms with van der Waals surface area (Å²) in [4.78, 5) is 9.17. The largest absolute Gasteiger partial charge is 0.392 e. The summed E-state index contributed by atoms with van der Waals surface area (Å²) in [6, 6.07) is 0. The van der Waals surface area contributed by atoms with Crippen molar-refractivity contribution in [2.24, 2.45) is 12.2 Å². The summed E-state index contributed by atoms with van der Waals surface area (Å²) in [6.07, 6.45) is 1.05. The number of hydrogen-bond donors (Lipinski definition) is 0. The normalized spacial score (nSPS) is 18.2. The maximum absolute atomic E-state index is 5.77. The quantitative estimate of drug-likeness (QED) is 0.833. The minimum Gasteiger partial charge on any atom is -0.392 e. The fourth-order valence-corrected chi connectivity index (χ4v) is 2.18. The first kappa shape index (κ1) is 14.3. The molecular weight excluding hydrogens is 260 g/mol. The number of aryl methyl sites for hydroxylation is 1. The van der Waals surface area contributed by atoms with Crippen LogP contribution in [0.15, 0.2) is 5.16 Å². The van der Waals surface area contributed by atoms with Crippen LogP contribution in [-0.4, -0.2) is 25.9 Å². The first-order valence-corrected chi connectivity index (χ1v) is 6.92.